The largest absolute Gasteiger partial charge is 0.480 e. The van der Waals surface area contributed by atoms with Crippen molar-refractivity contribution in [3.05, 3.63) is 64.5 Å². The molecule has 3 aromatic rings. The van der Waals surface area contributed by atoms with Gasteiger partial charge in [-0.3, -0.25) is 4.79 Å². The topological polar surface area (TPSA) is 134 Å². The van der Waals surface area contributed by atoms with Gasteiger partial charge in [-0.1, -0.05) is 41.9 Å². The molecule has 1 atom stereocenters. The van der Waals surface area contributed by atoms with Crippen molar-refractivity contribution in [2.45, 2.75) is 18.9 Å². The van der Waals surface area contributed by atoms with E-state index >= 15 is 0 Å². The van der Waals surface area contributed by atoms with Gasteiger partial charge < -0.3 is 30.3 Å². The summed E-state index contributed by atoms with van der Waals surface area (Å²) in [5.41, 5.74) is 1.22. The molecule has 4 rings (SSSR count). The smallest absolute Gasteiger partial charge is 0.349 e. The first-order chi connectivity index (χ1) is 17.8. The standard InChI is InChI=1S/C26H25ClN2O7S/c27-20-22(35-14-19(30)31)24(26(33)34)37-23(20)16-5-4-8-18(13-16)36-21(15-9-11-28-12-10-15)25(32)29-17-6-2-1-3-7-17/h1-8,13,15,21,28H,9-12,14H2,(H,29,32)(H,30,31)(H,33,34). The van der Waals surface area contributed by atoms with Crippen molar-refractivity contribution >= 4 is 46.5 Å². The van der Waals surface area contributed by atoms with E-state index in [1.54, 1.807) is 36.4 Å². The molecular formula is C26H25ClN2O7S. The number of carbonyl (C=O) groups is 3. The van der Waals surface area contributed by atoms with E-state index in [9.17, 15) is 19.5 Å². The van der Waals surface area contributed by atoms with E-state index in [1.165, 1.54) is 0 Å². The maximum atomic E-state index is 13.3. The van der Waals surface area contributed by atoms with E-state index in [4.69, 9.17) is 26.2 Å². The zero-order valence-electron chi connectivity index (χ0n) is 19.6. The molecule has 1 unspecified atom stereocenters. The lowest BCUT2D eigenvalue weighted by Gasteiger charge is -2.30. The van der Waals surface area contributed by atoms with Gasteiger partial charge in [0.2, 0.25) is 0 Å². The zero-order chi connectivity index (χ0) is 26.4. The van der Waals surface area contributed by atoms with Crippen LogP contribution in [0.5, 0.6) is 11.5 Å². The minimum absolute atomic E-state index is 0.00229. The molecule has 11 heteroatoms. The molecule has 2 aromatic carbocycles. The lowest BCUT2D eigenvalue weighted by molar-refractivity contribution is -0.139. The van der Waals surface area contributed by atoms with Crippen molar-refractivity contribution in [2.75, 3.05) is 25.0 Å². The summed E-state index contributed by atoms with van der Waals surface area (Å²) in [4.78, 5) is 36.1. The molecule has 0 saturated carbocycles. The minimum atomic E-state index is -1.28. The van der Waals surface area contributed by atoms with Crippen molar-refractivity contribution in [1.82, 2.24) is 5.32 Å². The summed E-state index contributed by atoms with van der Waals surface area (Å²) in [6.07, 6.45) is 0.797. The third-order valence-electron chi connectivity index (χ3n) is 5.81. The van der Waals surface area contributed by atoms with Gasteiger partial charge in [0.1, 0.15) is 10.8 Å². The third-order valence-corrected chi connectivity index (χ3v) is 7.50. The van der Waals surface area contributed by atoms with Crippen LogP contribution in [0.4, 0.5) is 5.69 Å². The summed E-state index contributed by atoms with van der Waals surface area (Å²) in [7, 11) is 0. The van der Waals surface area contributed by atoms with Gasteiger partial charge in [0.15, 0.2) is 23.3 Å². The molecule has 37 heavy (non-hydrogen) atoms. The summed E-state index contributed by atoms with van der Waals surface area (Å²) in [6.45, 7) is 0.837. The SMILES string of the molecule is O=C(O)COc1c(C(=O)O)sc(-c2cccc(OC(C(=O)Nc3ccccc3)C3CCNCC3)c2)c1Cl. The summed E-state index contributed by atoms with van der Waals surface area (Å²) < 4.78 is 11.4. The van der Waals surface area contributed by atoms with E-state index in [1.807, 2.05) is 18.2 Å². The molecule has 1 fully saturated rings. The molecular weight excluding hydrogens is 520 g/mol. The maximum Gasteiger partial charge on any atom is 0.349 e. The Balaban J connectivity index is 1.61. The number of anilines is 1. The number of thiophene rings is 1. The fourth-order valence-corrected chi connectivity index (χ4v) is 5.49. The third kappa shape index (κ3) is 6.59. The normalized spacial score (nSPS) is 14.5. The monoisotopic (exact) mass is 544 g/mol. The average Bonchev–Trinajstić information content (AvgIpc) is 3.23. The van der Waals surface area contributed by atoms with Crippen molar-refractivity contribution in [2.24, 2.45) is 5.92 Å². The highest BCUT2D eigenvalue weighted by Gasteiger charge is 2.32. The Morgan fingerprint density at radius 1 is 1.08 bits per heavy atom. The molecule has 9 nitrogen and oxygen atoms in total. The first-order valence-electron chi connectivity index (χ1n) is 11.6. The van der Waals surface area contributed by atoms with Gasteiger partial charge in [0.25, 0.3) is 5.91 Å². The van der Waals surface area contributed by atoms with Gasteiger partial charge in [-0.2, -0.15) is 0 Å². The molecule has 2 heterocycles. The molecule has 0 bridgehead atoms. The second-order valence-electron chi connectivity index (χ2n) is 8.40. The minimum Gasteiger partial charge on any atom is -0.480 e. The number of rotatable bonds is 10. The molecule has 194 valence electrons. The molecule has 0 aliphatic carbocycles. The molecule has 1 aromatic heterocycles. The summed E-state index contributed by atoms with van der Waals surface area (Å²) >= 11 is 7.30. The Kier molecular flexibility index (Phi) is 8.65. The van der Waals surface area contributed by atoms with E-state index in [0.29, 0.717) is 21.9 Å². The van der Waals surface area contributed by atoms with Gasteiger partial charge in [-0.05, 0) is 55.8 Å². The number of ether oxygens (including phenoxy) is 2. The lowest BCUT2D eigenvalue weighted by Crippen LogP contribution is -2.44. The van der Waals surface area contributed by atoms with Gasteiger partial charge in [-0.15, -0.1) is 11.3 Å². The molecule has 1 amide bonds. The fourth-order valence-electron chi connectivity index (χ4n) is 4.09. The number of carboxylic acids is 2. The second-order valence-corrected chi connectivity index (χ2v) is 9.80. The van der Waals surface area contributed by atoms with E-state index in [2.05, 4.69) is 10.6 Å². The van der Waals surface area contributed by atoms with Crippen LogP contribution in [0.1, 0.15) is 22.5 Å². The van der Waals surface area contributed by atoms with Crippen LogP contribution in [0.15, 0.2) is 54.6 Å². The lowest BCUT2D eigenvalue weighted by atomic mass is 9.91. The number of aliphatic carboxylic acids is 1. The molecule has 1 saturated heterocycles. The molecule has 1 aliphatic heterocycles. The molecule has 4 N–H and O–H groups in total. The first-order valence-corrected chi connectivity index (χ1v) is 12.8. The van der Waals surface area contributed by atoms with Crippen molar-refractivity contribution in [1.29, 1.82) is 0 Å². The second kappa shape index (κ2) is 12.1. The fraction of sp³-hybridized carbons (Fsp3) is 0.269. The Morgan fingerprint density at radius 3 is 2.49 bits per heavy atom. The van der Waals surface area contributed by atoms with Crippen molar-refractivity contribution in [3.8, 4) is 21.9 Å². The summed E-state index contributed by atoms with van der Waals surface area (Å²) in [5.74, 6) is -2.58. The first kappa shape index (κ1) is 26.5. The van der Waals surface area contributed by atoms with Gasteiger partial charge in [0.05, 0.1) is 4.88 Å². The Hall–Kier alpha value is -3.60. The van der Waals surface area contributed by atoms with Crippen LogP contribution in [0.25, 0.3) is 10.4 Å². The number of carboxylic acid groups (broad SMARTS) is 2. The van der Waals surface area contributed by atoms with E-state index in [-0.39, 0.29) is 27.5 Å². The van der Waals surface area contributed by atoms with Crippen LogP contribution in [0.3, 0.4) is 0 Å². The highest BCUT2D eigenvalue weighted by atomic mass is 35.5. The van der Waals surface area contributed by atoms with Crippen LogP contribution in [0, 0.1) is 5.92 Å². The van der Waals surface area contributed by atoms with Crippen LogP contribution in [-0.2, 0) is 9.59 Å². The number of nitrogens with one attached hydrogen (secondary N) is 2. The number of hydrogen-bond acceptors (Lipinski definition) is 7. The number of piperidine rings is 1. The quantitative estimate of drug-likeness (QED) is 0.290. The number of para-hydroxylation sites is 1. The van der Waals surface area contributed by atoms with Crippen LogP contribution in [-0.4, -0.2) is 53.9 Å². The molecule has 0 radical (unpaired) electrons. The van der Waals surface area contributed by atoms with Gasteiger partial charge in [0, 0.05) is 11.6 Å². The molecule has 1 aliphatic rings. The van der Waals surface area contributed by atoms with E-state index < -0.39 is 24.6 Å². The number of aromatic carboxylic acids is 1. The predicted molar refractivity (Wildman–Crippen MR) is 140 cm³/mol. The summed E-state index contributed by atoms with van der Waals surface area (Å²) in [6, 6.07) is 16.0. The van der Waals surface area contributed by atoms with Crippen molar-refractivity contribution in [3.63, 3.8) is 0 Å². The van der Waals surface area contributed by atoms with Crippen molar-refractivity contribution < 1.29 is 34.1 Å². The average molecular weight is 545 g/mol. The Bertz CT molecular complexity index is 1280. The highest BCUT2D eigenvalue weighted by Crippen LogP contribution is 2.46. The predicted octanol–water partition coefficient (Wildman–Crippen LogP) is 4.62. The van der Waals surface area contributed by atoms with Crippen LogP contribution in [0.2, 0.25) is 5.02 Å². The maximum absolute atomic E-state index is 13.3. The van der Waals surface area contributed by atoms with E-state index in [0.717, 1.165) is 37.3 Å². The molecule has 0 spiro atoms. The number of hydrogen-bond donors (Lipinski definition) is 4. The van der Waals surface area contributed by atoms with Crippen LogP contribution >= 0.6 is 22.9 Å². The number of amides is 1. The highest BCUT2D eigenvalue weighted by molar-refractivity contribution is 7.18. The summed E-state index contributed by atoms with van der Waals surface area (Å²) in [5, 5.41) is 24.7. The number of halogens is 1. The zero-order valence-corrected chi connectivity index (χ0v) is 21.2. The number of benzene rings is 2. The van der Waals surface area contributed by atoms with Gasteiger partial charge in [-0.25, -0.2) is 9.59 Å². The Labute approximate surface area is 222 Å². The Morgan fingerprint density at radius 2 is 1.81 bits per heavy atom. The van der Waals surface area contributed by atoms with Gasteiger partial charge >= 0.3 is 11.9 Å². The number of carbonyl (C=O) groups excluding carboxylic acids is 1. The van der Waals surface area contributed by atoms with Crippen LogP contribution < -0.4 is 20.1 Å².